The minimum atomic E-state index is -2.95. The Morgan fingerprint density at radius 1 is 1.16 bits per heavy atom. The molecule has 1 amide bonds. The van der Waals surface area contributed by atoms with Gasteiger partial charge in [-0.3, -0.25) is 4.79 Å². The summed E-state index contributed by atoms with van der Waals surface area (Å²) < 4.78 is 47.7. The zero-order valence-electron chi connectivity index (χ0n) is 13.8. The van der Waals surface area contributed by atoms with Crippen molar-refractivity contribution >= 4 is 5.91 Å². The number of carbonyl (C=O) groups is 1. The lowest BCUT2D eigenvalue weighted by molar-refractivity contribution is -0.129. The molecule has 2 rings (SSSR count). The van der Waals surface area contributed by atoms with Crippen LogP contribution in [0.5, 0.6) is 11.5 Å². The van der Waals surface area contributed by atoms with Crippen LogP contribution in [0.1, 0.15) is 11.1 Å². The number of benzene rings is 2. The molecule has 0 radical (unpaired) electrons. The lowest BCUT2D eigenvalue weighted by Gasteiger charge is -2.19. The largest absolute Gasteiger partial charge is 0.493 e. The van der Waals surface area contributed by atoms with E-state index in [-0.39, 0.29) is 30.4 Å². The normalized spacial score (nSPS) is 10.6. The highest BCUT2D eigenvalue weighted by Crippen LogP contribution is 2.29. The molecule has 0 bridgehead atoms. The van der Waals surface area contributed by atoms with E-state index in [1.54, 1.807) is 31.3 Å². The molecule has 7 heteroatoms. The van der Waals surface area contributed by atoms with Gasteiger partial charge in [0.1, 0.15) is 5.82 Å². The maximum atomic E-state index is 13.6. The smallest absolute Gasteiger partial charge is 0.387 e. The number of methoxy groups -OCH3 is 1. The van der Waals surface area contributed by atoms with Gasteiger partial charge in [-0.2, -0.15) is 8.78 Å². The Morgan fingerprint density at radius 2 is 1.88 bits per heavy atom. The lowest BCUT2D eigenvalue weighted by atomic mass is 10.1. The summed E-state index contributed by atoms with van der Waals surface area (Å²) in [5, 5.41) is 0. The van der Waals surface area contributed by atoms with Gasteiger partial charge in [-0.25, -0.2) is 4.39 Å². The van der Waals surface area contributed by atoms with Crippen molar-refractivity contribution in [2.75, 3.05) is 14.2 Å². The van der Waals surface area contributed by atoms with E-state index in [0.717, 1.165) is 0 Å². The second kappa shape index (κ2) is 8.41. The molecule has 0 unspecified atom stereocenters. The first-order valence-corrected chi connectivity index (χ1v) is 7.49. The first kappa shape index (κ1) is 18.6. The maximum Gasteiger partial charge on any atom is 0.387 e. The molecule has 25 heavy (non-hydrogen) atoms. The van der Waals surface area contributed by atoms with Crippen LogP contribution >= 0.6 is 0 Å². The Kier molecular flexibility index (Phi) is 6.27. The number of hydrogen-bond donors (Lipinski definition) is 0. The van der Waals surface area contributed by atoms with E-state index in [9.17, 15) is 18.0 Å². The van der Waals surface area contributed by atoms with Crippen LogP contribution < -0.4 is 9.47 Å². The third kappa shape index (κ3) is 5.14. The van der Waals surface area contributed by atoms with Gasteiger partial charge in [0.25, 0.3) is 0 Å². The number of ether oxygens (including phenoxy) is 2. The quantitative estimate of drug-likeness (QED) is 0.763. The number of likely N-dealkylation sites (N-methyl/N-ethyl adjacent to an activating group) is 1. The Labute approximate surface area is 143 Å². The number of amides is 1. The molecule has 2 aromatic rings. The molecular formula is C18H18F3NO3. The van der Waals surface area contributed by atoms with E-state index in [0.29, 0.717) is 11.1 Å². The van der Waals surface area contributed by atoms with E-state index >= 15 is 0 Å². The van der Waals surface area contributed by atoms with Crippen molar-refractivity contribution in [1.82, 2.24) is 4.90 Å². The summed E-state index contributed by atoms with van der Waals surface area (Å²) in [6, 6.07) is 10.5. The van der Waals surface area contributed by atoms with Crippen LogP contribution in [0.3, 0.4) is 0 Å². The average molecular weight is 353 g/mol. The van der Waals surface area contributed by atoms with Gasteiger partial charge in [0.2, 0.25) is 5.91 Å². The number of alkyl halides is 2. The number of halogens is 3. The van der Waals surface area contributed by atoms with Crippen molar-refractivity contribution in [2.45, 2.75) is 19.6 Å². The first-order chi connectivity index (χ1) is 11.9. The molecule has 0 N–H and O–H groups in total. The van der Waals surface area contributed by atoms with Crippen LogP contribution in [0.25, 0.3) is 0 Å². The number of carbonyl (C=O) groups excluding carboxylic acids is 1. The van der Waals surface area contributed by atoms with Gasteiger partial charge in [-0.05, 0) is 29.3 Å². The zero-order chi connectivity index (χ0) is 18.4. The van der Waals surface area contributed by atoms with Gasteiger partial charge in [0.15, 0.2) is 11.5 Å². The van der Waals surface area contributed by atoms with Crippen LogP contribution in [0.4, 0.5) is 13.2 Å². The molecule has 0 saturated heterocycles. The Hall–Kier alpha value is -2.70. The van der Waals surface area contributed by atoms with Crippen molar-refractivity contribution in [2.24, 2.45) is 0 Å². The van der Waals surface area contributed by atoms with Crippen molar-refractivity contribution < 1.29 is 27.4 Å². The molecular weight excluding hydrogens is 335 g/mol. The van der Waals surface area contributed by atoms with E-state index < -0.39 is 12.4 Å². The van der Waals surface area contributed by atoms with E-state index in [1.807, 2.05) is 0 Å². The van der Waals surface area contributed by atoms with E-state index in [2.05, 4.69) is 4.74 Å². The van der Waals surface area contributed by atoms with Crippen LogP contribution in [0, 0.1) is 5.82 Å². The van der Waals surface area contributed by atoms with Crippen LogP contribution in [0.15, 0.2) is 42.5 Å². The monoisotopic (exact) mass is 353 g/mol. The molecule has 134 valence electrons. The number of hydrogen-bond acceptors (Lipinski definition) is 3. The molecule has 0 spiro atoms. The lowest BCUT2D eigenvalue weighted by Crippen LogP contribution is -2.28. The highest BCUT2D eigenvalue weighted by molar-refractivity contribution is 5.78. The van der Waals surface area contributed by atoms with Gasteiger partial charge in [-0.15, -0.1) is 0 Å². The Bertz CT molecular complexity index is 737. The summed E-state index contributed by atoms with van der Waals surface area (Å²) in [7, 11) is 2.92. The van der Waals surface area contributed by atoms with Crippen LogP contribution in [-0.2, 0) is 17.8 Å². The second-order valence-corrected chi connectivity index (χ2v) is 5.38. The Morgan fingerprint density at radius 3 is 2.52 bits per heavy atom. The highest BCUT2D eigenvalue weighted by Gasteiger charge is 2.15. The van der Waals surface area contributed by atoms with Crippen molar-refractivity contribution in [1.29, 1.82) is 0 Å². The fraction of sp³-hybridized carbons (Fsp3) is 0.278. The maximum absolute atomic E-state index is 13.6. The summed E-state index contributed by atoms with van der Waals surface area (Å²) in [6.45, 7) is -2.73. The molecule has 0 fully saturated rings. The van der Waals surface area contributed by atoms with E-state index in [4.69, 9.17) is 4.74 Å². The zero-order valence-corrected chi connectivity index (χ0v) is 13.8. The minimum Gasteiger partial charge on any atom is -0.493 e. The summed E-state index contributed by atoms with van der Waals surface area (Å²) in [6.07, 6.45) is -0.0626. The number of rotatable bonds is 7. The van der Waals surface area contributed by atoms with Gasteiger partial charge in [0, 0.05) is 13.6 Å². The first-order valence-electron chi connectivity index (χ1n) is 7.49. The topological polar surface area (TPSA) is 38.8 Å². The van der Waals surface area contributed by atoms with Crippen molar-refractivity contribution in [3.63, 3.8) is 0 Å². The molecule has 0 aliphatic carbocycles. The SMILES string of the molecule is COc1cc(CN(C)C(=O)Cc2ccccc2F)ccc1OC(F)F. The Balaban J connectivity index is 2.05. The molecule has 4 nitrogen and oxygen atoms in total. The summed E-state index contributed by atoms with van der Waals surface area (Å²) >= 11 is 0. The second-order valence-electron chi connectivity index (χ2n) is 5.38. The van der Waals surface area contributed by atoms with E-state index in [1.165, 1.54) is 30.2 Å². The molecule has 0 atom stereocenters. The fourth-order valence-corrected chi connectivity index (χ4v) is 2.31. The predicted octanol–water partition coefficient (Wildman–Crippen LogP) is 3.64. The van der Waals surface area contributed by atoms with Gasteiger partial charge in [-0.1, -0.05) is 24.3 Å². The van der Waals surface area contributed by atoms with Gasteiger partial charge in [0.05, 0.1) is 13.5 Å². The predicted molar refractivity (Wildman–Crippen MR) is 86.2 cm³/mol. The molecule has 0 aromatic heterocycles. The molecule has 0 aliphatic rings. The summed E-state index contributed by atoms with van der Waals surface area (Å²) in [4.78, 5) is 13.7. The third-order valence-electron chi connectivity index (χ3n) is 3.59. The van der Waals surface area contributed by atoms with Crippen LogP contribution in [-0.4, -0.2) is 31.6 Å². The summed E-state index contributed by atoms with van der Waals surface area (Å²) in [5.41, 5.74) is 0.987. The highest BCUT2D eigenvalue weighted by atomic mass is 19.3. The van der Waals surface area contributed by atoms with Crippen molar-refractivity contribution in [3.8, 4) is 11.5 Å². The summed E-state index contributed by atoms with van der Waals surface area (Å²) in [5.74, 6) is -0.634. The molecule has 2 aromatic carbocycles. The minimum absolute atomic E-state index is 0.0626. The average Bonchev–Trinajstić information content (AvgIpc) is 2.57. The van der Waals surface area contributed by atoms with Crippen LogP contribution in [0.2, 0.25) is 0 Å². The molecule has 0 heterocycles. The standard InChI is InChI=1S/C18H18F3NO3/c1-22(17(23)10-13-5-3-4-6-14(13)19)11-12-7-8-15(25-18(20)21)16(9-12)24-2/h3-9,18H,10-11H2,1-2H3. The molecule has 0 aliphatic heterocycles. The van der Waals surface area contributed by atoms with Crippen molar-refractivity contribution in [3.05, 3.63) is 59.4 Å². The third-order valence-corrected chi connectivity index (χ3v) is 3.59. The van der Waals surface area contributed by atoms with Gasteiger partial charge >= 0.3 is 6.61 Å². The molecule has 0 saturated carbocycles. The number of nitrogens with zero attached hydrogens (tertiary/aromatic N) is 1. The fourth-order valence-electron chi connectivity index (χ4n) is 2.31. The van der Waals surface area contributed by atoms with Gasteiger partial charge < -0.3 is 14.4 Å².